The van der Waals surface area contributed by atoms with Crippen LogP contribution in [-0.2, 0) is 9.53 Å². The Bertz CT molecular complexity index is 2980. The molecule has 19 nitrogen and oxygen atoms in total. The lowest BCUT2D eigenvalue weighted by atomic mass is 9.91. The van der Waals surface area contributed by atoms with Crippen molar-refractivity contribution in [2.75, 3.05) is 68.0 Å². The number of carbonyl (C=O) groups excluding carboxylic acids is 1. The number of para-hydroxylation sites is 1. The maximum atomic E-state index is 14.5. The Labute approximate surface area is 456 Å². The number of likely N-dealkylation sites (tertiary alicyclic amines) is 2. The van der Waals surface area contributed by atoms with Gasteiger partial charge < -0.3 is 49.8 Å². The maximum absolute atomic E-state index is 14.5. The number of benzene rings is 1. The van der Waals surface area contributed by atoms with E-state index in [-0.39, 0.29) is 66.5 Å². The number of aromatic hydroxyl groups is 1. The molecule has 1 saturated carbocycles. The average molecular weight is 1090 g/mol. The van der Waals surface area contributed by atoms with Crippen LogP contribution in [0.15, 0.2) is 83.1 Å². The number of hydrogen-bond donors (Lipinski definition) is 4. The zero-order valence-corrected chi connectivity index (χ0v) is 44.9. The molecule has 2 bridgehead atoms. The van der Waals surface area contributed by atoms with E-state index in [0.29, 0.717) is 53.4 Å². The number of aliphatic hydroxyl groups is 1. The number of thiazole rings is 1. The van der Waals surface area contributed by atoms with Crippen molar-refractivity contribution in [2.45, 2.75) is 127 Å². The highest BCUT2D eigenvalue weighted by atomic mass is 32.1. The number of aryl methyl sites for hydroxylation is 1. The zero-order chi connectivity index (χ0) is 54.0. The number of carbonyl (C=O) groups is 1. The number of hydrogen-bond acceptors (Lipinski definition) is 19. The van der Waals surface area contributed by atoms with Crippen LogP contribution in [0.1, 0.15) is 87.8 Å². The molecule has 1 amide bonds. The number of aliphatic hydroxyl groups excluding tert-OH is 1. The maximum Gasteiger partial charge on any atom is 0.262 e. The molecule has 4 saturated heterocycles. The number of piperidine rings is 1. The average Bonchev–Trinajstić information content (AvgIpc) is 4.29. The van der Waals surface area contributed by atoms with Crippen molar-refractivity contribution in [3.8, 4) is 39.3 Å². The Balaban J connectivity index is 0.600. The third kappa shape index (κ3) is 11.9. The molecule has 414 valence electrons. The largest absolute Gasteiger partial charge is 0.507 e. The molecule has 22 heteroatoms. The summed E-state index contributed by atoms with van der Waals surface area (Å²) in [6.45, 7) is 11.0. The molecule has 0 radical (unpaired) electrons. The quantitative estimate of drug-likeness (QED) is 0.0590. The van der Waals surface area contributed by atoms with Crippen LogP contribution in [0.3, 0.4) is 0 Å². The number of pyridine rings is 2. The summed E-state index contributed by atoms with van der Waals surface area (Å²) >= 11 is 1.42. The standard InChI is InChI=1S/C56H68F2N12O7S/c1-32(2)43(30-69-29-38(71)21-47(69)56(73)63-52(54(57)58)34-8-11-44(61-26-34)53-33(3)62-31-78-53)49-25-51(66-77-49)74-19-18-67-16-13-39(14-17-67)75-40-22-41(23-40)76-50-20-35(12-15-60-50)70-36-9-10-37(70)28-68(27-36)46-24-45(64-65-55(46)59)42-6-4-5-7-48(42)72/h4-8,11-12,15,20,24-26,31-32,36-41,43,47,52,54,71-72H,9-10,13-14,16-19,21-23,27-30H2,1-3H3,(H2,59,65)(H,63,73)/t36?,37?,38-,40?,41?,43-,47+,52-/m1/s1. The molecule has 5 aliphatic rings. The van der Waals surface area contributed by atoms with Gasteiger partial charge in [0.2, 0.25) is 11.8 Å². The number of alkyl halides is 2. The van der Waals surface area contributed by atoms with E-state index >= 15 is 0 Å². The van der Waals surface area contributed by atoms with Gasteiger partial charge in [0.1, 0.15) is 30.3 Å². The van der Waals surface area contributed by atoms with Gasteiger partial charge in [-0.15, -0.1) is 21.5 Å². The number of nitrogens with one attached hydrogen (secondary N) is 1. The summed E-state index contributed by atoms with van der Waals surface area (Å²) in [5, 5.41) is 36.5. The first-order valence-electron chi connectivity index (χ1n) is 27.2. The number of nitrogen functional groups attached to an aromatic ring is 1. The minimum absolute atomic E-state index is 0.0505. The van der Waals surface area contributed by atoms with Crippen LogP contribution < -0.4 is 30.3 Å². The van der Waals surface area contributed by atoms with E-state index in [0.717, 1.165) is 93.2 Å². The van der Waals surface area contributed by atoms with E-state index in [1.165, 1.54) is 17.5 Å². The van der Waals surface area contributed by atoms with Crippen molar-refractivity contribution >= 4 is 34.4 Å². The van der Waals surface area contributed by atoms with Crippen molar-refractivity contribution < 1.29 is 42.5 Å². The van der Waals surface area contributed by atoms with Gasteiger partial charge in [0.15, 0.2) is 5.82 Å². The van der Waals surface area contributed by atoms with Crippen molar-refractivity contribution in [1.29, 1.82) is 0 Å². The van der Waals surface area contributed by atoms with Gasteiger partial charge >= 0.3 is 0 Å². The number of nitrogens with zero attached hydrogens (tertiary/aromatic N) is 10. The predicted molar refractivity (Wildman–Crippen MR) is 290 cm³/mol. The number of ether oxygens (including phenoxy) is 3. The molecule has 0 spiro atoms. The van der Waals surface area contributed by atoms with Gasteiger partial charge in [0.25, 0.3) is 12.3 Å². The zero-order valence-electron chi connectivity index (χ0n) is 44.1. The topological polar surface area (TPSA) is 227 Å². The van der Waals surface area contributed by atoms with Crippen LogP contribution >= 0.6 is 11.3 Å². The lowest BCUT2D eigenvalue weighted by Gasteiger charge is -2.43. The molecule has 78 heavy (non-hydrogen) atoms. The third-order valence-corrected chi connectivity index (χ3v) is 17.2. The van der Waals surface area contributed by atoms with E-state index in [9.17, 15) is 23.8 Å². The number of nitrogens with two attached hydrogens (primary N) is 1. The number of phenolic OH excluding ortho intramolecular Hbond substituents is 1. The molecule has 5 aromatic heterocycles. The SMILES string of the molecule is Cc1ncsc1-c1ccc([C@@H](NC(=O)[C@@H]2C[C@@H](O)CN2C[C@@H](c2cc(OCCN3CCC(OC4CC(Oc5cc(N6C7CCC6CN(c6cc(-c8ccccc8O)nnc6N)C7)ccn5)C4)CC3)no2)C(C)C)C(F)F)cn1. The second-order valence-corrected chi connectivity index (χ2v) is 22.6. The monoisotopic (exact) mass is 1090 g/mol. The summed E-state index contributed by atoms with van der Waals surface area (Å²) in [5.74, 6) is 1.39. The molecule has 2 unspecified atom stereocenters. The van der Waals surface area contributed by atoms with Gasteiger partial charge in [-0.05, 0) is 86.0 Å². The second kappa shape index (κ2) is 23.4. The van der Waals surface area contributed by atoms with Crippen LogP contribution in [0.5, 0.6) is 17.5 Å². The predicted octanol–water partition coefficient (Wildman–Crippen LogP) is 7.27. The fraction of sp³-hybridized carbons (Fsp3) is 0.518. The molecular weight excluding hydrogens is 1020 g/mol. The lowest BCUT2D eigenvalue weighted by molar-refractivity contribution is -0.127. The van der Waals surface area contributed by atoms with Crippen LogP contribution in [0.4, 0.5) is 26.0 Å². The fourth-order valence-corrected chi connectivity index (χ4v) is 12.7. The fourth-order valence-electron chi connectivity index (χ4n) is 11.9. The normalized spacial score (nSPS) is 23.7. The Kier molecular flexibility index (Phi) is 16.0. The number of amides is 1. The smallest absolute Gasteiger partial charge is 0.262 e. The summed E-state index contributed by atoms with van der Waals surface area (Å²) in [6, 6.07) is 16.4. The first kappa shape index (κ1) is 53.4. The van der Waals surface area contributed by atoms with Gasteiger partial charge in [-0.1, -0.05) is 32.0 Å². The highest BCUT2D eigenvalue weighted by Crippen LogP contribution is 2.41. The van der Waals surface area contributed by atoms with E-state index in [2.05, 4.69) is 62.5 Å². The Morgan fingerprint density at radius 2 is 1.71 bits per heavy atom. The number of rotatable bonds is 20. The highest BCUT2D eigenvalue weighted by molar-refractivity contribution is 7.13. The second-order valence-electron chi connectivity index (χ2n) is 21.8. The molecule has 5 N–H and O–H groups in total. The van der Waals surface area contributed by atoms with Crippen LogP contribution in [0.25, 0.3) is 21.8 Å². The molecule has 1 aromatic carbocycles. The van der Waals surface area contributed by atoms with Crippen molar-refractivity contribution in [3.05, 3.63) is 95.6 Å². The molecule has 6 aromatic rings. The number of halogens is 2. The number of piperazine rings is 1. The van der Waals surface area contributed by atoms with Gasteiger partial charge in [-0.2, -0.15) is 0 Å². The van der Waals surface area contributed by atoms with Crippen LogP contribution in [-0.4, -0.2) is 158 Å². The van der Waals surface area contributed by atoms with Gasteiger partial charge in [0, 0.05) is 112 Å². The molecule has 11 rings (SSSR count). The van der Waals surface area contributed by atoms with E-state index in [1.54, 1.807) is 35.8 Å². The summed E-state index contributed by atoms with van der Waals surface area (Å²) < 4.78 is 53.8. The van der Waals surface area contributed by atoms with E-state index in [1.807, 2.05) is 50.1 Å². The van der Waals surface area contributed by atoms with Gasteiger partial charge in [-0.3, -0.25) is 19.6 Å². The van der Waals surface area contributed by atoms with Crippen molar-refractivity contribution in [2.24, 2.45) is 5.92 Å². The van der Waals surface area contributed by atoms with Crippen LogP contribution in [0.2, 0.25) is 0 Å². The number of anilines is 3. The van der Waals surface area contributed by atoms with Crippen LogP contribution in [0, 0.1) is 12.8 Å². The summed E-state index contributed by atoms with van der Waals surface area (Å²) in [6.07, 6.45) is 5.68. The first-order chi connectivity index (χ1) is 37.8. The molecule has 4 aliphatic heterocycles. The van der Waals surface area contributed by atoms with E-state index < -0.39 is 30.5 Å². The molecular formula is C56H68F2N12O7S. The molecule has 9 heterocycles. The molecule has 5 fully saturated rings. The summed E-state index contributed by atoms with van der Waals surface area (Å²) in [5.41, 5.74) is 12.9. The highest BCUT2D eigenvalue weighted by Gasteiger charge is 2.43. The number of phenols is 1. The number of fused-ring (bicyclic) bond motifs is 2. The Hall–Kier alpha value is -6.59. The van der Waals surface area contributed by atoms with Gasteiger partial charge in [0.05, 0.1) is 57.5 Å². The minimum Gasteiger partial charge on any atom is -0.507 e. The number of β-amino-alcohol motifs (C(OH)–C–C–N with tert-alkyl or cyclic N) is 1. The summed E-state index contributed by atoms with van der Waals surface area (Å²) in [7, 11) is 0. The first-order valence-corrected chi connectivity index (χ1v) is 28.1. The third-order valence-electron chi connectivity index (χ3n) is 16.2. The van der Waals surface area contributed by atoms with E-state index in [4.69, 9.17) is 24.5 Å². The number of aromatic nitrogens is 6. The Morgan fingerprint density at radius 1 is 0.910 bits per heavy atom. The Morgan fingerprint density at radius 3 is 2.42 bits per heavy atom. The molecule has 6 atom stereocenters. The summed E-state index contributed by atoms with van der Waals surface area (Å²) in [4.78, 5) is 36.8. The lowest BCUT2D eigenvalue weighted by Crippen LogP contribution is -2.54. The minimum atomic E-state index is -2.88. The van der Waals surface area contributed by atoms with Crippen molar-refractivity contribution in [1.82, 2.24) is 45.4 Å². The molecule has 1 aliphatic carbocycles. The van der Waals surface area contributed by atoms with Gasteiger partial charge in [-0.25, -0.2) is 18.7 Å². The van der Waals surface area contributed by atoms with Crippen molar-refractivity contribution in [3.63, 3.8) is 0 Å².